The van der Waals surface area contributed by atoms with Gasteiger partial charge >= 0.3 is 0 Å². The van der Waals surface area contributed by atoms with Gasteiger partial charge in [0.25, 0.3) is 5.91 Å². The fraction of sp³-hybridized carbons (Fsp3) is 0.286. The molecule has 4 aromatic rings. The first-order chi connectivity index (χ1) is 17.0. The number of imidazole rings is 1. The van der Waals surface area contributed by atoms with Gasteiger partial charge in [-0.2, -0.15) is 0 Å². The summed E-state index contributed by atoms with van der Waals surface area (Å²) in [6.07, 6.45) is 0.854. The van der Waals surface area contributed by atoms with Crippen LogP contribution in [0, 0.1) is 12.7 Å². The Hall–Kier alpha value is -3.71. The third-order valence-corrected chi connectivity index (χ3v) is 6.84. The maximum Gasteiger partial charge on any atom is 0.255 e. The van der Waals surface area contributed by atoms with E-state index in [0.717, 1.165) is 72.9 Å². The molecule has 7 heteroatoms. The van der Waals surface area contributed by atoms with Crippen LogP contribution < -0.4 is 10.2 Å². The number of halogens is 1. The summed E-state index contributed by atoms with van der Waals surface area (Å²) in [4.78, 5) is 22.3. The van der Waals surface area contributed by atoms with Gasteiger partial charge in [0.05, 0.1) is 11.0 Å². The van der Waals surface area contributed by atoms with E-state index in [1.165, 1.54) is 12.1 Å². The molecule has 0 saturated carbocycles. The molecule has 0 radical (unpaired) electrons. The molecule has 0 atom stereocenters. The van der Waals surface area contributed by atoms with E-state index < -0.39 is 0 Å². The number of anilines is 2. The Balaban J connectivity index is 1.20. The van der Waals surface area contributed by atoms with E-state index in [1.54, 1.807) is 0 Å². The summed E-state index contributed by atoms with van der Waals surface area (Å²) in [7, 11) is 2.04. The van der Waals surface area contributed by atoms with Crippen molar-refractivity contribution < 1.29 is 9.18 Å². The first kappa shape index (κ1) is 23.1. The summed E-state index contributed by atoms with van der Waals surface area (Å²) >= 11 is 0. The summed E-state index contributed by atoms with van der Waals surface area (Å²) in [5.41, 5.74) is 5.37. The molecule has 1 aromatic heterocycles. The zero-order valence-corrected chi connectivity index (χ0v) is 20.2. The molecule has 35 heavy (non-hydrogen) atoms. The summed E-state index contributed by atoms with van der Waals surface area (Å²) in [5, 5.41) is 3.00. The summed E-state index contributed by atoms with van der Waals surface area (Å²) in [5.74, 6) is 0.720. The highest BCUT2D eigenvalue weighted by molar-refractivity contribution is 6.05. The Morgan fingerprint density at radius 2 is 1.74 bits per heavy atom. The molecule has 5 rings (SSSR count). The number of nitrogens with zero attached hydrogens (tertiary/aromatic N) is 4. The molecule has 2 heterocycles. The van der Waals surface area contributed by atoms with E-state index >= 15 is 0 Å². The molecule has 1 aliphatic heterocycles. The van der Waals surface area contributed by atoms with Crippen molar-refractivity contribution in [3.8, 4) is 0 Å². The second-order valence-corrected chi connectivity index (χ2v) is 9.11. The lowest BCUT2D eigenvalue weighted by molar-refractivity contribution is 0.102. The monoisotopic (exact) mass is 471 g/mol. The molecule has 3 aromatic carbocycles. The Bertz CT molecular complexity index is 1340. The molecular formula is C28H30FN5O. The summed E-state index contributed by atoms with van der Waals surface area (Å²) in [6, 6.07) is 20.2. The standard InChI is InChI=1S/C28H30FN5O/c1-20-5-3-4-6-24(20)28(35)30-22-9-12-26-25(19-22)31-27(32(26)2)13-14-33-15-17-34(18-16-33)23-10-7-21(29)8-11-23/h3-12,19H,13-18H2,1-2H3,(H,30,35). The molecule has 6 nitrogen and oxygen atoms in total. The van der Waals surface area contributed by atoms with Crippen molar-refractivity contribution in [1.29, 1.82) is 0 Å². The van der Waals surface area contributed by atoms with Crippen LogP contribution in [0.1, 0.15) is 21.7 Å². The summed E-state index contributed by atoms with van der Waals surface area (Å²) < 4.78 is 15.3. The zero-order chi connectivity index (χ0) is 24.4. The van der Waals surface area contributed by atoms with Gasteiger partial charge in [-0.3, -0.25) is 9.69 Å². The molecule has 0 spiro atoms. The highest BCUT2D eigenvalue weighted by atomic mass is 19.1. The Labute approximate surface area is 205 Å². The fourth-order valence-corrected chi connectivity index (χ4v) is 4.72. The predicted molar refractivity (Wildman–Crippen MR) is 139 cm³/mol. The number of hydrogen-bond donors (Lipinski definition) is 1. The van der Waals surface area contributed by atoms with Crippen molar-refractivity contribution in [2.24, 2.45) is 7.05 Å². The van der Waals surface area contributed by atoms with E-state index in [9.17, 15) is 9.18 Å². The highest BCUT2D eigenvalue weighted by Crippen LogP contribution is 2.22. The predicted octanol–water partition coefficient (Wildman–Crippen LogP) is 4.64. The van der Waals surface area contributed by atoms with Crippen molar-refractivity contribution >= 4 is 28.3 Å². The molecule has 1 amide bonds. The first-order valence-electron chi connectivity index (χ1n) is 12.0. The first-order valence-corrected chi connectivity index (χ1v) is 12.0. The normalized spacial score (nSPS) is 14.4. The fourth-order valence-electron chi connectivity index (χ4n) is 4.72. The van der Waals surface area contributed by atoms with Crippen molar-refractivity contribution in [2.45, 2.75) is 13.3 Å². The van der Waals surface area contributed by atoms with Gasteiger partial charge < -0.3 is 14.8 Å². The number of carbonyl (C=O) groups excluding carboxylic acids is 1. The van der Waals surface area contributed by atoms with Crippen molar-refractivity contribution in [3.63, 3.8) is 0 Å². The second-order valence-electron chi connectivity index (χ2n) is 9.11. The molecular weight excluding hydrogens is 441 g/mol. The number of aromatic nitrogens is 2. The lowest BCUT2D eigenvalue weighted by Crippen LogP contribution is -2.47. The number of fused-ring (bicyclic) bond motifs is 1. The van der Waals surface area contributed by atoms with Crippen molar-refractivity contribution in [3.05, 3.63) is 89.5 Å². The van der Waals surface area contributed by atoms with E-state index in [1.807, 2.05) is 68.6 Å². The highest BCUT2D eigenvalue weighted by Gasteiger charge is 2.18. The smallest absolute Gasteiger partial charge is 0.255 e. The number of benzene rings is 3. The van der Waals surface area contributed by atoms with Crippen LogP contribution in [0.2, 0.25) is 0 Å². The van der Waals surface area contributed by atoms with E-state index in [2.05, 4.69) is 19.7 Å². The van der Waals surface area contributed by atoms with Gasteiger partial charge in [0.15, 0.2) is 0 Å². The maximum atomic E-state index is 13.2. The minimum absolute atomic E-state index is 0.113. The van der Waals surface area contributed by atoms with Gasteiger partial charge in [0.2, 0.25) is 0 Å². The van der Waals surface area contributed by atoms with Gasteiger partial charge in [-0.05, 0) is 61.0 Å². The average molecular weight is 472 g/mol. The average Bonchev–Trinajstić information content (AvgIpc) is 3.18. The molecule has 0 unspecified atom stereocenters. The molecule has 0 aliphatic carbocycles. The largest absolute Gasteiger partial charge is 0.369 e. The molecule has 1 N–H and O–H groups in total. The molecule has 180 valence electrons. The number of hydrogen-bond acceptors (Lipinski definition) is 4. The van der Waals surface area contributed by atoms with Crippen molar-refractivity contribution in [2.75, 3.05) is 42.9 Å². The second kappa shape index (κ2) is 9.88. The third kappa shape index (κ3) is 5.05. The molecule has 1 aliphatic rings. The molecule has 1 saturated heterocycles. The van der Waals surface area contributed by atoms with Crippen LogP contribution in [0.3, 0.4) is 0 Å². The van der Waals surface area contributed by atoms with Gasteiger partial charge in [0, 0.05) is 63.1 Å². The van der Waals surface area contributed by atoms with Gasteiger partial charge in [-0.1, -0.05) is 18.2 Å². The Morgan fingerprint density at radius 1 is 1.00 bits per heavy atom. The van der Waals surface area contributed by atoms with Crippen LogP contribution in [0.15, 0.2) is 66.7 Å². The molecule has 0 bridgehead atoms. The number of aryl methyl sites for hydroxylation is 2. The van der Waals surface area contributed by atoms with E-state index in [0.29, 0.717) is 5.56 Å². The van der Waals surface area contributed by atoms with Gasteiger partial charge in [-0.15, -0.1) is 0 Å². The minimum Gasteiger partial charge on any atom is -0.369 e. The molecule has 1 fully saturated rings. The zero-order valence-electron chi connectivity index (χ0n) is 20.2. The topological polar surface area (TPSA) is 53.4 Å². The Morgan fingerprint density at radius 3 is 2.49 bits per heavy atom. The SMILES string of the molecule is Cc1ccccc1C(=O)Nc1ccc2c(c1)nc(CCN1CCN(c3ccc(F)cc3)CC1)n2C. The number of rotatable bonds is 6. The lowest BCUT2D eigenvalue weighted by Gasteiger charge is -2.36. The lowest BCUT2D eigenvalue weighted by atomic mass is 10.1. The van der Waals surface area contributed by atoms with Gasteiger partial charge in [-0.25, -0.2) is 9.37 Å². The van der Waals surface area contributed by atoms with Crippen LogP contribution >= 0.6 is 0 Å². The Kier molecular flexibility index (Phi) is 6.51. The van der Waals surface area contributed by atoms with Crippen LogP contribution in [0.4, 0.5) is 15.8 Å². The van der Waals surface area contributed by atoms with Crippen LogP contribution in [-0.2, 0) is 13.5 Å². The van der Waals surface area contributed by atoms with E-state index in [-0.39, 0.29) is 11.7 Å². The number of nitrogens with one attached hydrogen (secondary N) is 1. The van der Waals surface area contributed by atoms with Crippen molar-refractivity contribution in [1.82, 2.24) is 14.5 Å². The number of piperazine rings is 1. The van der Waals surface area contributed by atoms with Gasteiger partial charge in [0.1, 0.15) is 11.6 Å². The third-order valence-electron chi connectivity index (χ3n) is 6.84. The quantitative estimate of drug-likeness (QED) is 0.445. The van der Waals surface area contributed by atoms with Crippen LogP contribution in [0.5, 0.6) is 0 Å². The number of carbonyl (C=O) groups is 1. The van der Waals surface area contributed by atoms with Crippen LogP contribution in [0.25, 0.3) is 11.0 Å². The summed E-state index contributed by atoms with van der Waals surface area (Å²) in [6.45, 7) is 6.67. The van der Waals surface area contributed by atoms with Crippen LogP contribution in [-0.4, -0.2) is 53.1 Å². The minimum atomic E-state index is -0.198. The van der Waals surface area contributed by atoms with E-state index in [4.69, 9.17) is 4.98 Å². The number of amides is 1. The maximum absolute atomic E-state index is 13.2.